The lowest BCUT2D eigenvalue weighted by molar-refractivity contribution is -0.126. The number of aryl methyl sites for hydroxylation is 2. The van der Waals surface area contributed by atoms with Gasteiger partial charge in [0.2, 0.25) is 5.91 Å². The van der Waals surface area contributed by atoms with Gasteiger partial charge in [0, 0.05) is 43.0 Å². The summed E-state index contributed by atoms with van der Waals surface area (Å²) in [5, 5.41) is 4.11. The molecule has 1 aromatic heterocycles. The number of para-hydroxylation sites is 1. The fourth-order valence-corrected chi connectivity index (χ4v) is 4.46. The number of carbonyl (C=O) groups is 2. The minimum Gasteiger partial charge on any atom is -0.450 e. The van der Waals surface area contributed by atoms with Gasteiger partial charge in [-0.1, -0.05) is 32.0 Å². The summed E-state index contributed by atoms with van der Waals surface area (Å²) in [5.41, 5.74) is 2.73. The molecule has 2 aromatic rings. The van der Waals surface area contributed by atoms with Crippen LogP contribution < -0.4 is 5.32 Å². The molecular weight excluding hydrogens is 378 g/mol. The molecule has 2 amide bonds. The summed E-state index contributed by atoms with van der Waals surface area (Å²) in [4.78, 5) is 29.7. The largest absolute Gasteiger partial charge is 0.450 e. The highest BCUT2D eigenvalue weighted by atomic mass is 16.3. The Labute approximate surface area is 179 Å². The number of likely N-dealkylation sites (tertiary alicyclic amines) is 1. The second kappa shape index (κ2) is 8.80. The Morgan fingerprint density at radius 2 is 1.87 bits per heavy atom. The summed E-state index contributed by atoms with van der Waals surface area (Å²) < 4.78 is 5.95. The second-order valence-electron chi connectivity index (χ2n) is 9.69. The van der Waals surface area contributed by atoms with E-state index < -0.39 is 0 Å². The molecule has 0 radical (unpaired) electrons. The van der Waals surface area contributed by atoms with Crippen molar-refractivity contribution in [1.82, 2.24) is 15.1 Å². The molecule has 30 heavy (non-hydrogen) atoms. The van der Waals surface area contributed by atoms with Crippen LogP contribution in [0.5, 0.6) is 0 Å². The van der Waals surface area contributed by atoms with Gasteiger partial charge in [-0.25, -0.2) is 0 Å². The number of hydrogen-bond acceptors (Lipinski definition) is 4. The average molecular weight is 414 g/mol. The maximum Gasteiger partial charge on any atom is 0.289 e. The molecule has 164 valence electrons. The van der Waals surface area contributed by atoms with Crippen LogP contribution in [-0.4, -0.2) is 61.9 Å². The normalized spacial score (nSPS) is 15.8. The Kier molecular flexibility index (Phi) is 6.56. The molecule has 0 saturated carbocycles. The van der Waals surface area contributed by atoms with Crippen molar-refractivity contribution in [2.75, 3.05) is 40.3 Å². The lowest BCUT2D eigenvalue weighted by Crippen LogP contribution is -2.46. The van der Waals surface area contributed by atoms with Gasteiger partial charge >= 0.3 is 0 Å². The molecular formula is C24H35N3O3. The molecule has 6 heteroatoms. The zero-order chi connectivity index (χ0) is 22.1. The third kappa shape index (κ3) is 4.86. The molecule has 0 spiro atoms. The first-order valence-corrected chi connectivity index (χ1v) is 10.8. The second-order valence-corrected chi connectivity index (χ2v) is 9.69. The third-order valence-electron chi connectivity index (χ3n) is 5.99. The van der Waals surface area contributed by atoms with Crippen LogP contribution >= 0.6 is 0 Å². The van der Waals surface area contributed by atoms with Crippen LogP contribution in [0.3, 0.4) is 0 Å². The predicted molar refractivity (Wildman–Crippen MR) is 120 cm³/mol. The third-order valence-corrected chi connectivity index (χ3v) is 5.99. The minimum atomic E-state index is -0.0749. The van der Waals surface area contributed by atoms with E-state index in [1.165, 1.54) is 0 Å². The zero-order valence-electron chi connectivity index (χ0n) is 19.2. The fraction of sp³-hybridized carbons (Fsp3) is 0.583. The van der Waals surface area contributed by atoms with E-state index in [2.05, 4.69) is 24.1 Å². The smallest absolute Gasteiger partial charge is 0.289 e. The zero-order valence-corrected chi connectivity index (χ0v) is 19.2. The fourth-order valence-electron chi connectivity index (χ4n) is 4.46. The van der Waals surface area contributed by atoms with Gasteiger partial charge in [-0.15, -0.1) is 0 Å². The van der Waals surface area contributed by atoms with E-state index in [1.54, 1.807) is 0 Å². The van der Waals surface area contributed by atoms with Crippen LogP contribution in [0.1, 0.15) is 48.4 Å². The van der Waals surface area contributed by atoms with E-state index in [4.69, 9.17) is 4.42 Å². The van der Waals surface area contributed by atoms with Crippen molar-refractivity contribution in [1.29, 1.82) is 0 Å². The molecule has 1 aliphatic heterocycles. The Hall–Kier alpha value is -2.34. The topological polar surface area (TPSA) is 65.8 Å². The van der Waals surface area contributed by atoms with Gasteiger partial charge in [-0.3, -0.25) is 9.59 Å². The van der Waals surface area contributed by atoms with E-state index in [-0.39, 0.29) is 23.1 Å². The maximum atomic E-state index is 13.1. The SMILES string of the molecule is Cc1c(C(=O)N2CCC(C(=O)NCC(C)(C)CN(C)C)CC2)oc2c(C)cccc12. The lowest BCUT2D eigenvalue weighted by atomic mass is 9.91. The summed E-state index contributed by atoms with van der Waals surface area (Å²) in [6, 6.07) is 5.97. The van der Waals surface area contributed by atoms with Gasteiger partial charge in [0.1, 0.15) is 5.58 Å². The summed E-state index contributed by atoms with van der Waals surface area (Å²) in [6.45, 7) is 11.0. The maximum absolute atomic E-state index is 13.1. The summed E-state index contributed by atoms with van der Waals surface area (Å²) >= 11 is 0. The van der Waals surface area contributed by atoms with Crippen LogP contribution in [0.25, 0.3) is 11.0 Å². The number of amides is 2. The van der Waals surface area contributed by atoms with Gasteiger partial charge in [0.15, 0.2) is 5.76 Å². The molecule has 0 aliphatic carbocycles. The van der Waals surface area contributed by atoms with Crippen LogP contribution in [0.2, 0.25) is 0 Å². The molecule has 2 heterocycles. The van der Waals surface area contributed by atoms with Crippen LogP contribution in [0.4, 0.5) is 0 Å². The quantitative estimate of drug-likeness (QED) is 0.786. The number of piperidine rings is 1. The molecule has 0 bridgehead atoms. The monoisotopic (exact) mass is 413 g/mol. The van der Waals surface area contributed by atoms with Gasteiger partial charge < -0.3 is 19.5 Å². The summed E-state index contributed by atoms with van der Waals surface area (Å²) in [6.07, 6.45) is 1.37. The number of furan rings is 1. The molecule has 1 N–H and O–H groups in total. The standard InChI is InChI=1S/C24H35N3O3/c1-16-8-7-9-19-17(2)21(30-20(16)19)23(29)27-12-10-18(11-13-27)22(28)25-14-24(3,4)15-26(5)6/h7-9,18H,10-15H2,1-6H3,(H,25,28). The summed E-state index contributed by atoms with van der Waals surface area (Å²) in [5.74, 6) is 0.411. The van der Waals surface area contributed by atoms with E-state index in [1.807, 2.05) is 51.0 Å². The molecule has 0 atom stereocenters. The number of carbonyl (C=O) groups excluding carboxylic acids is 2. The molecule has 1 aromatic carbocycles. The first-order chi connectivity index (χ1) is 14.1. The Morgan fingerprint density at radius 3 is 2.47 bits per heavy atom. The first-order valence-electron chi connectivity index (χ1n) is 10.8. The van der Waals surface area contributed by atoms with Crippen molar-refractivity contribution < 1.29 is 14.0 Å². The molecule has 1 saturated heterocycles. The molecule has 3 rings (SSSR count). The van der Waals surface area contributed by atoms with Gasteiger partial charge in [-0.05, 0) is 51.8 Å². The van der Waals surface area contributed by atoms with Crippen molar-refractivity contribution in [3.05, 3.63) is 35.1 Å². The Bertz CT molecular complexity index is 921. The molecule has 6 nitrogen and oxygen atoms in total. The average Bonchev–Trinajstić information content (AvgIpc) is 3.03. The number of fused-ring (bicyclic) bond motifs is 1. The van der Waals surface area contributed by atoms with Crippen LogP contribution in [0.15, 0.2) is 22.6 Å². The van der Waals surface area contributed by atoms with E-state index in [0.717, 1.165) is 28.6 Å². The highest BCUT2D eigenvalue weighted by Gasteiger charge is 2.31. The van der Waals surface area contributed by atoms with E-state index >= 15 is 0 Å². The number of rotatable bonds is 6. The predicted octanol–water partition coefficient (Wildman–Crippen LogP) is 3.61. The number of hydrogen-bond donors (Lipinski definition) is 1. The minimum absolute atomic E-state index is 0.0206. The molecule has 0 unspecified atom stereocenters. The molecule has 1 aliphatic rings. The van der Waals surface area contributed by atoms with E-state index in [9.17, 15) is 9.59 Å². The van der Waals surface area contributed by atoms with E-state index in [0.29, 0.717) is 38.2 Å². The highest BCUT2D eigenvalue weighted by Crippen LogP contribution is 2.29. The van der Waals surface area contributed by atoms with Crippen molar-refractivity contribution in [3.63, 3.8) is 0 Å². The molecule has 1 fully saturated rings. The highest BCUT2D eigenvalue weighted by molar-refractivity contribution is 5.99. The van der Waals surface area contributed by atoms with Crippen molar-refractivity contribution in [2.45, 2.75) is 40.5 Å². The Morgan fingerprint density at radius 1 is 1.20 bits per heavy atom. The van der Waals surface area contributed by atoms with Gasteiger partial charge in [0.05, 0.1) is 0 Å². The van der Waals surface area contributed by atoms with Crippen molar-refractivity contribution in [2.24, 2.45) is 11.3 Å². The lowest BCUT2D eigenvalue weighted by Gasteiger charge is -2.32. The van der Waals surface area contributed by atoms with Crippen LogP contribution in [0, 0.1) is 25.2 Å². The summed E-state index contributed by atoms with van der Waals surface area (Å²) in [7, 11) is 4.09. The van der Waals surface area contributed by atoms with Crippen LogP contribution in [-0.2, 0) is 4.79 Å². The Balaban J connectivity index is 1.58. The van der Waals surface area contributed by atoms with Crippen molar-refractivity contribution >= 4 is 22.8 Å². The number of nitrogens with one attached hydrogen (secondary N) is 1. The first kappa shape index (κ1) is 22.3. The number of benzene rings is 1. The van der Waals surface area contributed by atoms with Crippen molar-refractivity contribution in [3.8, 4) is 0 Å². The van der Waals surface area contributed by atoms with Gasteiger partial charge in [0.25, 0.3) is 5.91 Å². The van der Waals surface area contributed by atoms with Gasteiger partial charge in [-0.2, -0.15) is 0 Å². The number of nitrogens with zero attached hydrogens (tertiary/aromatic N) is 2.